The Labute approximate surface area is 122 Å². The zero-order valence-electron chi connectivity index (χ0n) is 10.9. The smallest absolute Gasteiger partial charge is 0.335 e. The van der Waals surface area contributed by atoms with Crippen LogP contribution in [0.4, 0.5) is 5.69 Å². The minimum absolute atomic E-state index is 0.158. The first-order chi connectivity index (χ1) is 9.93. The first-order valence-corrected chi connectivity index (χ1v) is 6.64. The summed E-state index contributed by atoms with van der Waals surface area (Å²) in [7, 11) is 0. The van der Waals surface area contributed by atoms with Gasteiger partial charge in [0.05, 0.1) is 15.4 Å². The van der Waals surface area contributed by atoms with Gasteiger partial charge in [-0.3, -0.25) is 10.1 Å². The topological polar surface area (TPSA) is 137 Å². The van der Waals surface area contributed by atoms with Gasteiger partial charge in [-0.15, -0.1) is 10.2 Å². The van der Waals surface area contributed by atoms with E-state index in [4.69, 9.17) is 10.9 Å². The number of nitro benzene ring substituents is 1. The van der Waals surface area contributed by atoms with Gasteiger partial charge in [0, 0.05) is 12.5 Å². The molecule has 0 aliphatic carbocycles. The molecule has 2 aromatic rings. The summed E-state index contributed by atoms with van der Waals surface area (Å²) < 4.78 is 1.25. The maximum atomic E-state index is 11.1. The zero-order valence-corrected chi connectivity index (χ0v) is 11.7. The average Bonchev–Trinajstić information content (AvgIpc) is 2.79. The van der Waals surface area contributed by atoms with Crippen molar-refractivity contribution in [1.82, 2.24) is 14.9 Å². The van der Waals surface area contributed by atoms with E-state index in [1.165, 1.54) is 16.8 Å². The largest absolute Gasteiger partial charge is 0.478 e. The van der Waals surface area contributed by atoms with Gasteiger partial charge < -0.3 is 10.9 Å². The van der Waals surface area contributed by atoms with E-state index in [1.54, 1.807) is 0 Å². The maximum Gasteiger partial charge on any atom is 0.335 e. The van der Waals surface area contributed by atoms with Crippen molar-refractivity contribution >= 4 is 23.4 Å². The van der Waals surface area contributed by atoms with Crippen molar-refractivity contribution in [3.8, 4) is 0 Å². The molecule has 0 radical (unpaired) electrons. The lowest BCUT2D eigenvalue weighted by atomic mass is 10.2. The van der Waals surface area contributed by atoms with Gasteiger partial charge in [-0.05, 0) is 23.9 Å². The molecule has 1 aromatic heterocycles. The number of carbonyl (C=O) groups is 1. The number of nitrogen functional groups attached to an aromatic ring is 1. The molecule has 0 aliphatic heterocycles. The van der Waals surface area contributed by atoms with E-state index in [2.05, 4.69) is 10.2 Å². The zero-order chi connectivity index (χ0) is 15.6. The Hall–Kier alpha value is -2.62. The minimum atomic E-state index is -1.23. The van der Waals surface area contributed by atoms with Crippen molar-refractivity contribution in [3.63, 3.8) is 0 Å². The molecule has 0 spiro atoms. The number of aromatic nitrogens is 3. The Balaban J connectivity index is 2.41. The van der Waals surface area contributed by atoms with Crippen LogP contribution in [-0.2, 0) is 6.42 Å². The SMILES string of the molecule is CCc1nnc(Sc2ccc(C(=O)O)cc2[N+](=O)[O-])n1N. The van der Waals surface area contributed by atoms with Gasteiger partial charge in [-0.1, -0.05) is 6.92 Å². The van der Waals surface area contributed by atoms with Crippen molar-refractivity contribution in [2.45, 2.75) is 23.4 Å². The predicted octanol–water partition coefficient (Wildman–Crippen LogP) is 1.31. The first-order valence-electron chi connectivity index (χ1n) is 5.83. The number of carboxylic acid groups (broad SMARTS) is 1. The molecule has 110 valence electrons. The van der Waals surface area contributed by atoms with Gasteiger partial charge in [-0.2, -0.15) is 0 Å². The Morgan fingerprint density at radius 3 is 2.76 bits per heavy atom. The highest BCUT2D eigenvalue weighted by Crippen LogP contribution is 2.34. The average molecular weight is 309 g/mol. The molecule has 0 aliphatic rings. The van der Waals surface area contributed by atoms with Crippen molar-refractivity contribution in [1.29, 1.82) is 0 Å². The van der Waals surface area contributed by atoms with Crippen LogP contribution in [0.3, 0.4) is 0 Å². The van der Waals surface area contributed by atoms with E-state index in [0.717, 1.165) is 17.8 Å². The van der Waals surface area contributed by atoms with Gasteiger partial charge >= 0.3 is 5.97 Å². The molecule has 2 rings (SSSR count). The summed E-state index contributed by atoms with van der Waals surface area (Å²) in [5.74, 6) is 5.09. The first kappa shape index (κ1) is 14.8. The Morgan fingerprint density at radius 2 is 2.24 bits per heavy atom. The van der Waals surface area contributed by atoms with Crippen molar-refractivity contribution in [2.24, 2.45) is 0 Å². The van der Waals surface area contributed by atoms with Crippen LogP contribution in [0.2, 0.25) is 0 Å². The van der Waals surface area contributed by atoms with Crippen LogP contribution in [0, 0.1) is 10.1 Å². The quantitative estimate of drug-likeness (QED) is 0.479. The normalized spacial score (nSPS) is 10.5. The molecule has 0 fully saturated rings. The van der Waals surface area contributed by atoms with Crippen LogP contribution in [0.25, 0.3) is 0 Å². The molecule has 9 nitrogen and oxygen atoms in total. The van der Waals surface area contributed by atoms with Crippen LogP contribution in [0.1, 0.15) is 23.1 Å². The second-order valence-electron chi connectivity index (χ2n) is 3.97. The number of nitrogens with two attached hydrogens (primary N) is 1. The maximum absolute atomic E-state index is 11.1. The third-order valence-corrected chi connectivity index (χ3v) is 3.68. The number of hydrogen-bond donors (Lipinski definition) is 2. The lowest BCUT2D eigenvalue weighted by molar-refractivity contribution is -0.387. The van der Waals surface area contributed by atoms with Crippen LogP contribution in [0.5, 0.6) is 0 Å². The third kappa shape index (κ3) is 2.94. The summed E-state index contributed by atoms with van der Waals surface area (Å²) in [6.45, 7) is 1.85. The van der Waals surface area contributed by atoms with E-state index < -0.39 is 10.9 Å². The number of nitrogens with zero attached hydrogens (tertiary/aromatic N) is 4. The van der Waals surface area contributed by atoms with Gasteiger partial charge in [0.25, 0.3) is 5.69 Å². The van der Waals surface area contributed by atoms with Crippen molar-refractivity contribution in [2.75, 3.05) is 5.84 Å². The summed E-state index contributed by atoms with van der Waals surface area (Å²) in [6, 6.07) is 3.64. The molecule has 0 saturated carbocycles. The van der Waals surface area contributed by atoms with Gasteiger partial charge in [0.15, 0.2) is 5.82 Å². The number of aromatic carboxylic acids is 1. The molecule has 1 heterocycles. The van der Waals surface area contributed by atoms with Crippen LogP contribution < -0.4 is 5.84 Å². The molecule has 21 heavy (non-hydrogen) atoms. The number of carboxylic acids is 1. The number of rotatable bonds is 5. The second-order valence-corrected chi connectivity index (χ2v) is 4.98. The fraction of sp³-hybridized carbons (Fsp3) is 0.182. The lowest BCUT2D eigenvalue weighted by Crippen LogP contribution is -2.13. The monoisotopic (exact) mass is 309 g/mol. The van der Waals surface area contributed by atoms with Gasteiger partial charge in [0.2, 0.25) is 5.16 Å². The molecule has 10 heteroatoms. The molecule has 0 unspecified atom stereocenters. The van der Waals surface area contributed by atoms with Crippen LogP contribution in [0.15, 0.2) is 28.3 Å². The Kier molecular flexibility index (Phi) is 4.08. The van der Waals surface area contributed by atoms with Gasteiger partial charge in [0.1, 0.15) is 0 Å². The van der Waals surface area contributed by atoms with Crippen LogP contribution in [-0.4, -0.2) is 30.9 Å². The number of nitro groups is 1. The lowest BCUT2D eigenvalue weighted by Gasteiger charge is -2.04. The molecule has 1 aromatic carbocycles. The highest BCUT2D eigenvalue weighted by Gasteiger charge is 2.20. The summed E-state index contributed by atoms with van der Waals surface area (Å²) in [4.78, 5) is 21.5. The molecule has 0 amide bonds. The molecular formula is C11H11N5O4S. The summed E-state index contributed by atoms with van der Waals surface area (Å²) in [6.07, 6.45) is 0.574. The Bertz CT molecular complexity index is 715. The standard InChI is InChI=1S/C11H11N5O4S/c1-2-9-13-14-11(15(9)12)21-8-4-3-6(10(17)18)5-7(8)16(19)20/h3-5H,2,12H2,1H3,(H,17,18). The number of hydrogen-bond acceptors (Lipinski definition) is 7. The van der Waals surface area contributed by atoms with Crippen molar-refractivity contribution in [3.05, 3.63) is 39.7 Å². The van der Waals surface area contributed by atoms with E-state index in [0.29, 0.717) is 12.2 Å². The molecule has 3 N–H and O–H groups in total. The highest BCUT2D eigenvalue weighted by atomic mass is 32.2. The summed E-state index contributed by atoms with van der Waals surface area (Å²) in [5.41, 5.74) is -0.476. The fourth-order valence-electron chi connectivity index (χ4n) is 1.60. The molecule has 0 saturated heterocycles. The number of aryl methyl sites for hydroxylation is 1. The van der Waals surface area contributed by atoms with Gasteiger partial charge in [-0.25, -0.2) is 9.47 Å². The van der Waals surface area contributed by atoms with E-state index in [1.807, 2.05) is 6.92 Å². The van der Waals surface area contributed by atoms with E-state index in [9.17, 15) is 14.9 Å². The summed E-state index contributed by atoms with van der Waals surface area (Å²) >= 11 is 0.956. The molecule has 0 bridgehead atoms. The highest BCUT2D eigenvalue weighted by molar-refractivity contribution is 7.99. The third-order valence-electron chi connectivity index (χ3n) is 2.66. The Morgan fingerprint density at radius 1 is 1.52 bits per heavy atom. The number of benzene rings is 1. The second kappa shape index (κ2) is 5.79. The summed E-state index contributed by atoms with van der Waals surface area (Å²) in [5, 5.41) is 27.9. The van der Waals surface area contributed by atoms with E-state index >= 15 is 0 Å². The molecular weight excluding hydrogens is 298 g/mol. The van der Waals surface area contributed by atoms with E-state index in [-0.39, 0.29) is 21.3 Å². The van der Waals surface area contributed by atoms with Crippen molar-refractivity contribution < 1.29 is 14.8 Å². The predicted molar refractivity (Wildman–Crippen MR) is 73.7 cm³/mol. The molecule has 0 atom stereocenters. The van der Waals surface area contributed by atoms with Crippen LogP contribution >= 0.6 is 11.8 Å². The minimum Gasteiger partial charge on any atom is -0.478 e. The fourth-order valence-corrected chi connectivity index (χ4v) is 2.45.